The van der Waals surface area contributed by atoms with Crippen molar-refractivity contribution in [3.05, 3.63) is 81.8 Å². The zero-order valence-electron chi connectivity index (χ0n) is 20.1. The minimum Gasteiger partial charge on any atom is -0.497 e. The predicted octanol–water partition coefficient (Wildman–Crippen LogP) is 2.75. The molecule has 1 unspecified atom stereocenters. The smallest absolute Gasteiger partial charge is 0.418 e. The first kappa shape index (κ1) is 26.7. The van der Waals surface area contributed by atoms with Crippen molar-refractivity contribution in [1.82, 2.24) is 20.8 Å². The van der Waals surface area contributed by atoms with Gasteiger partial charge in [0.05, 0.1) is 36.7 Å². The molecule has 0 bridgehead atoms. The van der Waals surface area contributed by atoms with Crippen LogP contribution >= 0.6 is 0 Å². The van der Waals surface area contributed by atoms with E-state index in [2.05, 4.69) is 26.1 Å². The van der Waals surface area contributed by atoms with Gasteiger partial charge in [-0.15, -0.1) is 0 Å². The van der Waals surface area contributed by atoms with Crippen molar-refractivity contribution >= 4 is 23.2 Å². The zero-order valence-corrected chi connectivity index (χ0v) is 20.1. The highest BCUT2D eigenvalue weighted by atomic mass is 19.4. The van der Waals surface area contributed by atoms with Crippen molar-refractivity contribution in [3.8, 4) is 5.75 Å². The molecule has 1 saturated heterocycles. The predicted molar refractivity (Wildman–Crippen MR) is 130 cm³/mol. The number of carbonyl (C=O) groups excluding carboxylic acids is 2. The fourth-order valence-electron chi connectivity index (χ4n) is 3.90. The minimum absolute atomic E-state index is 0.00135. The topological polar surface area (TPSA) is 134 Å². The number of alkyl halides is 3. The standard InChI is InChI=1S/C25H24F3N5O5/c1-37-18-6-7-20(19(11-18)25(26,27)28)31-17-4-2-15(3-5-17)12-29-23(36)24(8-9-38-14-24)32-22(35)16-10-21(34)33-30-13-16/h2-7,10-11,13,31H,8-9,12,14H2,1H3,(H,29,36)(H,32,35)(H,33,34). The Morgan fingerprint density at radius 1 is 1.16 bits per heavy atom. The van der Waals surface area contributed by atoms with Crippen molar-refractivity contribution in [2.24, 2.45) is 0 Å². The molecule has 4 N–H and O–H groups in total. The molecule has 2 amide bonds. The van der Waals surface area contributed by atoms with E-state index in [1.54, 1.807) is 24.3 Å². The van der Waals surface area contributed by atoms with Crippen LogP contribution in [-0.4, -0.2) is 47.9 Å². The lowest BCUT2D eigenvalue weighted by Crippen LogP contribution is -2.59. The van der Waals surface area contributed by atoms with Gasteiger partial charge in [0.25, 0.3) is 11.5 Å². The summed E-state index contributed by atoms with van der Waals surface area (Å²) in [7, 11) is 1.29. The van der Waals surface area contributed by atoms with Gasteiger partial charge in [-0.2, -0.15) is 18.3 Å². The number of nitrogens with one attached hydrogen (secondary N) is 4. The Labute approximate surface area is 214 Å². The summed E-state index contributed by atoms with van der Waals surface area (Å²) >= 11 is 0. The molecule has 1 aliphatic rings. The Hall–Kier alpha value is -4.39. The number of ether oxygens (including phenoxy) is 2. The molecule has 38 heavy (non-hydrogen) atoms. The molecule has 13 heteroatoms. The third-order valence-electron chi connectivity index (χ3n) is 5.95. The summed E-state index contributed by atoms with van der Waals surface area (Å²) in [5, 5.41) is 13.9. The number of anilines is 2. The van der Waals surface area contributed by atoms with Crippen molar-refractivity contribution in [2.45, 2.75) is 24.7 Å². The van der Waals surface area contributed by atoms with Gasteiger partial charge in [0.2, 0.25) is 5.91 Å². The number of hydrogen-bond donors (Lipinski definition) is 4. The van der Waals surface area contributed by atoms with Gasteiger partial charge in [0.1, 0.15) is 11.3 Å². The van der Waals surface area contributed by atoms with E-state index < -0.39 is 34.7 Å². The molecule has 0 spiro atoms. The van der Waals surface area contributed by atoms with E-state index in [1.807, 2.05) is 0 Å². The first-order chi connectivity index (χ1) is 18.1. The molecule has 10 nitrogen and oxygen atoms in total. The molecule has 2 heterocycles. The maximum atomic E-state index is 13.5. The quantitative estimate of drug-likeness (QED) is 0.351. The first-order valence-corrected chi connectivity index (χ1v) is 11.4. The van der Waals surface area contributed by atoms with Crippen LogP contribution in [0, 0.1) is 0 Å². The number of aromatic nitrogens is 2. The summed E-state index contributed by atoms with van der Waals surface area (Å²) in [5.74, 6) is -1.03. The van der Waals surface area contributed by atoms with Crippen LogP contribution < -0.4 is 26.2 Å². The van der Waals surface area contributed by atoms with Crippen LogP contribution in [0.3, 0.4) is 0 Å². The largest absolute Gasteiger partial charge is 0.497 e. The summed E-state index contributed by atoms with van der Waals surface area (Å²) < 4.78 is 50.7. The van der Waals surface area contributed by atoms with Crippen LogP contribution in [0.15, 0.2) is 59.5 Å². The number of carbonyl (C=O) groups is 2. The minimum atomic E-state index is -4.58. The molecule has 3 aromatic rings. The second kappa shape index (κ2) is 10.9. The number of amides is 2. The van der Waals surface area contributed by atoms with Gasteiger partial charge in [-0.25, -0.2) is 5.10 Å². The zero-order chi connectivity index (χ0) is 27.3. The average Bonchev–Trinajstić information content (AvgIpc) is 3.37. The van der Waals surface area contributed by atoms with Crippen LogP contribution in [0.1, 0.15) is 27.9 Å². The van der Waals surface area contributed by atoms with E-state index in [9.17, 15) is 27.6 Å². The van der Waals surface area contributed by atoms with Crippen LogP contribution in [0.2, 0.25) is 0 Å². The molecule has 1 atom stereocenters. The van der Waals surface area contributed by atoms with Gasteiger partial charge in [-0.05, 0) is 35.9 Å². The number of hydrogen-bond acceptors (Lipinski definition) is 7. The number of benzene rings is 2. The molecule has 0 aliphatic carbocycles. The Bertz CT molecular complexity index is 1370. The molecular formula is C25H24F3N5O5. The van der Waals surface area contributed by atoms with E-state index in [0.717, 1.165) is 12.1 Å². The number of aromatic amines is 1. The van der Waals surface area contributed by atoms with E-state index in [1.165, 1.54) is 25.4 Å². The van der Waals surface area contributed by atoms with Crippen LogP contribution in [0.25, 0.3) is 0 Å². The molecule has 0 saturated carbocycles. The number of rotatable bonds is 8. The second-order valence-electron chi connectivity index (χ2n) is 8.59. The lowest BCUT2D eigenvalue weighted by Gasteiger charge is -2.27. The number of nitrogens with zero attached hydrogens (tertiary/aromatic N) is 1. The summed E-state index contributed by atoms with van der Waals surface area (Å²) in [6, 6.07) is 11.2. The molecular weight excluding hydrogens is 507 g/mol. The molecule has 2 aromatic carbocycles. The van der Waals surface area contributed by atoms with Gasteiger partial charge in [0.15, 0.2) is 0 Å². The van der Waals surface area contributed by atoms with Crippen molar-refractivity contribution < 1.29 is 32.2 Å². The van der Waals surface area contributed by atoms with Gasteiger partial charge in [0, 0.05) is 31.3 Å². The highest BCUT2D eigenvalue weighted by Gasteiger charge is 2.43. The lowest BCUT2D eigenvalue weighted by molar-refractivity contribution is -0.137. The van der Waals surface area contributed by atoms with Crippen LogP contribution in [-0.2, 0) is 22.3 Å². The number of methoxy groups -OCH3 is 1. The second-order valence-corrected chi connectivity index (χ2v) is 8.59. The van der Waals surface area contributed by atoms with E-state index in [-0.39, 0.29) is 43.2 Å². The third kappa shape index (κ3) is 6.11. The Morgan fingerprint density at radius 2 is 1.92 bits per heavy atom. The maximum Gasteiger partial charge on any atom is 0.418 e. The monoisotopic (exact) mass is 531 g/mol. The summed E-state index contributed by atoms with van der Waals surface area (Å²) in [4.78, 5) is 37.1. The van der Waals surface area contributed by atoms with Gasteiger partial charge >= 0.3 is 6.18 Å². The Balaban J connectivity index is 1.41. The van der Waals surface area contributed by atoms with E-state index >= 15 is 0 Å². The fraction of sp³-hybridized carbons (Fsp3) is 0.280. The molecule has 1 fully saturated rings. The highest BCUT2D eigenvalue weighted by Crippen LogP contribution is 2.38. The van der Waals surface area contributed by atoms with E-state index in [0.29, 0.717) is 11.3 Å². The first-order valence-electron chi connectivity index (χ1n) is 11.4. The summed E-state index contributed by atoms with van der Waals surface area (Å²) in [6.07, 6.45) is -3.17. The summed E-state index contributed by atoms with van der Waals surface area (Å²) in [6.45, 7) is 0.306. The van der Waals surface area contributed by atoms with Crippen molar-refractivity contribution in [2.75, 3.05) is 25.6 Å². The lowest BCUT2D eigenvalue weighted by atomic mass is 9.96. The Kier molecular flexibility index (Phi) is 7.67. The molecule has 200 valence electrons. The van der Waals surface area contributed by atoms with Gasteiger partial charge in [-0.1, -0.05) is 12.1 Å². The molecule has 1 aromatic heterocycles. The normalized spacial score (nSPS) is 17.1. The van der Waals surface area contributed by atoms with Crippen LogP contribution in [0.5, 0.6) is 5.75 Å². The third-order valence-corrected chi connectivity index (χ3v) is 5.95. The highest BCUT2D eigenvalue weighted by molar-refractivity contribution is 5.99. The summed E-state index contributed by atoms with van der Waals surface area (Å²) in [5.41, 5.74) is -1.79. The SMILES string of the molecule is COc1ccc(Nc2ccc(CNC(=O)C3(NC(=O)c4cn[nH]c(=O)c4)CCOC3)cc2)c(C(F)(F)F)c1. The van der Waals surface area contributed by atoms with E-state index in [4.69, 9.17) is 9.47 Å². The molecule has 0 radical (unpaired) electrons. The molecule has 1 aliphatic heterocycles. The van der Waals surface area contributed by atoms with Crippen molar-refractivity contribution in [1.29, 1.82) is 0 Å². The Morgan fingerprint density at radius 3 is 2.55 bits per heavy atom. The number of H-pyrrole nitrogens is 1. The number of halogens is 3. The molecule has 4 rings (SSSR count). The van der Waals surface area contributed by atoms with Crippen molar-refractivity contribution in [3.63, 3.8) is 0 Å². The maximum absolute atomic E-state index is 13.5. The fourth-order valence-corrected chi connectivity index (χ4v) is 3.90. The average molecular weight is 531 g/mol. The van der Waals surface area contributed by atoms with Gasteiger partial charge in [-0.3, -0.25) is 14.4 Å². The van der Waals surface area contributed by atoms with Gasteiger partial charge < -0.3 is 25.4 Å². The van der Waals surface area contributed by atoms with Crippen LogP contribution in [0.4, 0.5) is 24.5 Å².